The SMILES string of the molecule is CNCc1ccc(OCc2ccc(Br)s2)c(OC)c1. The van der Waals surface area contributed by atoms with Crippen LogP contribution in [0.15, 0.2) is 34.1 Å². The second kappa shape index (κ2) is 6.93. The van der Waals surface area contributed by atoms with Gasteiger partial charge >= 0.3 is 0 Å². The van der Waals surface area contributed by atoms with Crippen LogP contribution >= 0.6 is 27.3 Å². The highest BCUT2D eigenvalue weighted by Gasteiger charge is 2.06. The fourth-order valence-electron chi connectivity index (χ4n) is 1.72. The van der Waals surface area contributed by atoms with Crippen molar-refractivity contribution in [3.05, 3.63) is 44.6 Å². The molecule has 0 aliphatic heterocycles. The van der Waals surface area contributed by atoms with E-state index < -0.39 is 0 Å². The molecular formula is C14H16BrNO2S. The molecule has 19 heavy (non-hydrogen) atoms. The average molecular weight is 342 g/mol. The summed E-state index contributed by atoms with van der Waals surface area (Å²) in [5, 5.41) is 3.12. The van der Waals surface area contributed by atoms with Gasteiger partial charge in [-0.3, -0.25) is 0 Å². The number of rotatable bonds is 6. The molecule has 1 heterocycles. The van der Waals surface area contributed by atoms with Gasteiger partial charge in [0.1, 0.15) is 6.61 Å². The molecule has 0 unspecified atom stereocenters. The van der Waals surface area contributed by atoms with E-state index in [0.29, 0.717) is 6.61 Å². The Labute approximate surface area is 125 Å². The van der Waals surface area contributed by atoms with Gasteiger partial charge in [-0.25, -0.2) is 0 Å². The van der Waals surface area contributed by atoms with E-state index in [4.69, 9.17) is 9.47 Å². The summed E-state index contributed by atoms with van der Waals surface area (Å²) in [7, 11) is 3.58. The third kappa shape index (κ3) is 3.96. The molecule has 1 aromatic carbocycles. The summed E-state index contributed by atoms with van der Waals surface area (Å²) in [5.74, 6) is 1.54. The normalized spacial score (nSPS) is 10.5. The molecule has 1 aromatic heterocycles. The zero-order valence-corrected chi connectivity index (χ0v) is 13.3. The zero-order chi connectivity index (χ0) is 13.7. The number of ether oxygens (including phenoxy) is 2. The molecule has 0 aliphatic carbocycles. The third-order valence-corrected chi connectivity index (χ3v) is 4.20. The minimum Gasteiger partial charge on any atom is -0.493 e. The minimum absolute atomic E-state index is 0.554. The Morgan fingerprint density at radius 3 is 2.68 bits per heavy atom. The molecule has 2 aromatic rings. The molecule has 1 N–H and O–H groups in total. The number of halogens is 1. The molecule has 0 bridgehead atoms. The quantitative estimate of drug-likeness (QED) is 0.866. The number of nitrogens with one attached hydrogen (secondary N) is 1. The lowest BCUT2D eigenvalue weighted by molar-refractivity contribution is 0.287. The number of thiophene rings is 1. The molecule has 0 saturated heterocycles. The van der Waals surface area contributed by atoms with Crippen molar-refractivity contribution in [3.8, 4) is 11.5 Å². The van der Waals surface area contributed by atoms with Gasteiger partial charge in [-0.2, -0.15) is 0 Å². The summed E-state index contributed by atoms with van der Waals surface area (Å²) in [5.41, 5.74) is 1.17. The number of hydrogen-bond donors (Lipinski definition) is 1. The van der Waals surface area contributed by atoms with Crippen LogP contribution in [-0.2, 0) is 13.2 Å². The monoisotopic (exact) mass is 341 g/mol. The summed E-state index contributed by atoms with van der Waals surface area (Å²) in [6.07, 6.45) is 0. The standard InChI is InChI=1S/C14H16BrNO2S/c1-16-8-10-3-5-12(13(7-10)17-2)18-9-11-4-6-14(15)19-11/h3-7,16H,8-9H2,1-2H3. The van der Waals surface area contributed by atoms with Crippen LogP contribution in [-0.4, -0.2) is 14.2 Å². The van der Waals surface area contributed by atoms with Crippen molar-refractivity contribution < 1.29 is 9.47 Å². The predicted octanol–water partition coefficient (Wildman–Crippen LogP) is 3.82. The van der Waals surface area contributed by atoms with Crippen molar-refractivity contribution in [2.75, 3.05) is 14.2 Å². The van der Waals surface area contributed by atoms with Crippen molar-refractivity contribution in [2.24, 2.45) is 0 Å². The van der Waals surface area contributed by atoms with Gasteiger partial charge in [-0.05, 0) is 52.8 Å². The highest BCUT2D eigenvalue weighted by molar-refractivity contribution is 9.11. The molecule has 0 aliphatic rings. The first-order valence-corrected chi connectivity index (χ1v) is 7.52. The molecule has 102 valence electrons. The van der Waals surface area contributed by atoms with Gasteiger partial charge < -0.3 is 14.8 Å². The minimum atomic E-state index is 0.554. The number of benzene rings is 1. The maximum absolute atomic E-state index is 5.80. The fourth-order valence-corrected chi connectivity index (χ4v) is 3.12. The average Bonchev–Trinajstić information content (AvgIpc) is 2.83. The molecule has 0 fully saturated rings. The van der Waals surface area contributed by atoms with Crippen molar-refractivity contribution in [3.63, 3.8) is 0 Å². The van der Waals surface area contributed by atoms with E-state index in [0.717, 1.165) is 21.8 Å². The summed E-state index contributed by atoms with van der Waals surface area (Å²) in [4.78, 5) is 1.17. The van der Waals surface area contributed by atoms with Gasteiger partial charge in [0.25, 0.3) is 0 Å². The molecule has 0 spiro atoms. The van der Waals surface area contributed by atoms with Gasteiger partial charge in [0.2, 0.25) is 0 Å². The molecule has 0 atom stereocenters. The van der Waals surface area contributed by atoms with E-state index in [1.165, 1.54) is 10.4 Å². The largest absolute Gasteiger partial charge is 0.493 e. The molecule has 5 heteroatoms. The highest BCUT2D eigenvalue weighted by atomic mass is 79.9. The van der Waals surface area contributed by atoms with E-state index in [9.17, 15) is 0 Å². The molecule has 2 rings (SSSR count). The third-order valence-electron chi connectivity index (χ3n) is 2.61. The van der Waals surface area contributed by atoms with Crippen molar-refractivity contribution in [1.82, 2.24) is 5.32 Å². The lowest BCUT2D eigenvalue weighted by Gasteiger charge is -2.11. The number of methoxy groups -OCH3 is 1. The van der Waals surface area contributed by atoms with Gasteiger partial charge in [0.15, 0.2) is 11.5 Å². The van der Waals surface area contributed by atoms with Crippen LogP contribution in [0.4, 0.5) is 0 Å². The van der Waals surface area contributed by atoms with E-state index in [1.54, 1.807) is 18.4 Å². The van der Waals surface area contributed by atoms with Crippen molar-refractivity contribution in [1.29, 1.82) is 0 Å². The van der Waals surface area contributed by atoms with Gasteiger partial charge in [0, 0.05) is 11.4 Å². The Morgan fingerprint density at radius 2 is 2.05 bits per heavy atom. The van der Waals surface area contributed by atoms with E-state index >= 15 is 0 Å². The van der Waals surface area contributed by atoms with Crippen LogP contribution in [0.1, 0.15) is 10.4 Å². The Hall–Kier alpha value is -1.04. The molecule has 0 amide bonds. The molecule has 0 saturated carbocycles. The van der Waals surface area contributed by atoms with Crippen LogP contribution in [0, 0.1) is 0 Å². The molecule has 3 nitrogen and oxygen atoms in total. The van der Waals surface area contributed by atoms with Crippen LogP contribution < -0.4 is 14.8 Å². The van der Waals surface area contributed by atoms with Gasteiger partial charge in [0.05, 0.1) is 10.9 Å². The summed E-state index contributed by atoms with van der Waals surface area (Å²) in [6, 6.07) is 10.1. The van der Waals surface area contributed by atoms with Crippen LogP contribution in [0.3, 0.4) is 0 Å². The first kappa shape index (κ1) is 14.4. The van der Waals surface area contributed by atoms with Crippen LogP contribution in [0.2, 0.25) is 0 Å². The topological polar surface area (TPSA) is 30.5 Å². The van der Waals surface area contributed by atoms with Crippen molar-refractivity contribution in [2.45, 2.75) is 13.2 Å². The lowest BCUT2D eigenvalue weighted by Crippen LogP contribution is -2.05. The summed E-state index contributed by atoms with van der Waals surface area (Å²) >= 11 is 5.12. The molecular weight excluding hydrogens is 326 g/mol. The predicted molar refractivity (Wildman–Crippen MR) is 82.1 cm³/mol. The Kier molecular flexibility index (Phi) is 5.24. The van der Waals surface area contributed by atoms with Crippen LogP contribution in [0.25, 0.3) is 0 Å². The first-order chi connectivity index (χ1) is 9.22. The maximum Gasteiger partial charge on any atom is 0.161 e. The van der Waals surface area contributed by atoms with Crippen LogP contribution in [0.5, 0.6) is 11.5 Å². The Bertz CT molecular complexity index is 542. The fraction of sp³-hybridized carbons (Fsp3) is 0.286. The smallest absolute Gasteiger partial charge is 0.161 e. The maximum atomic E-state index is 5.80. The second-order valence-electron chi connectivity index (χ2n) is 4.01. The Balaban J connectivity index is 2.06. The molecule has 0 radical (unpaired) electrons. The highest BCUT2D eigenvalue weighted by Crippen LogP contribution is 2.30. The van der Waals surface area contributed by atoms with E-state index in [1.807, 2.05) is 31.3 Å². The van der Waals surface area contributed by atoms with E-state index in [-0.39, 0.29) is 0 Å². The summed E-state index contributed by atoms with van der Waals surface area (Å²) < 4.78 is 12.3. The second-order valence-corrected chi connectivity index (χ2v) is 6.56. The van der Waals surface area contributed by atoms with Gasteiger partial charge in [-0.1, -0.05) is 6.07 Å². The first-order valence-electron chi connectivity index (χ1n) is 5.91. The van der Waals surface area contributed by atoms with Crippen molar-refractivity contribution >= 4 is 27.3 Å². The van der Waals surface area contributed by atoms with E-state index in [2.05, 4.69) is 27.3 Å². The summed E-state index contributed by atoms with van der Waals surface area (Å²) in [6.45, 7) is 1.37. The lowest BCUT2D eigenvalue weighted by atomic mass is 10.2. The van der Waals surface area contributed by atoms with Gasteiger partial charge in [-0.15, -0.1) is 11.3 Å². The zero-order valence-electron chi connectivity index (χ0n) is 10.9. The Morgan fingerprint density at radius 1 is 1.21 bits per heavy atom. The number of hydrogen-bond acceptors (Lipinski definition) is 4.